The summed E-state index contributed by atoms with van der Waals surface area (Å²) in [5, 5.41) is 0. The van der Waals surface area contributed by atoms with Crippen molar-refractivity contribution in [1.82, 2.24) is 4.72 Å². The fourth-order valence-electron chi connectivity index (χ4n) is 1.72. The summed E-state index contributed by atoms with van der Waals surface area (Å²) < 4.78 is 37.0. The van der Waals surface area contributed by atoms with E-state index in [1.165, 1.54) is 0 Å². The quantitative estimate of drug-likeness (QED) is 0.795. The molecule has 0 heterocycles. The van der Waals surface area contributed by atoms with Gasteiger partial charge in [0.15, 0.2) is 0 Å². The van der Waals surface area contributed by atoms with Crippen LogP contribution in [0.2, 0.25) is 0 Å². The molecule has 0 amide bonds. The third-order valence-electron chi connectivity index (χ3n) is 2.76. The minimum Gasteiger partial charge on any atom is -0.497 e. The summed E-state index contributed by atoms with van der Waals surface area (Å²) in [6.45, 7) is 0.424. The van der Waals surface area contributed by atoms with Gasteiger partial charge in [-0.1, -0.05) is 24.3 Å². The first-order valence-electron chi connectivity index (χ1n) is 6.43. The van der Waals surface area contributed by atoms with Crippen LogP contribution in [0, 0.1) is 0 Å². The molecule has 0 aromatic heterocycles. The Hall–Kier alpha value is -2.05. The molecule has 2 rings (SSSR count). The smallest absolute Gasteiger partial charge is 0.240 e. The van der Waals surface area contributed by atoms with Crippen LogP contribution < -0.4 is 14.2 Å². The first-order valence-corrected chi connectivity index (χ1v) is 7.92. The van der Waals surface area contributed by atoms with Crippen molar-refractivity contribution in [2.24, 2.45) is 0 Å². The van der Waals surface area contributed by atoms with Gasteiger partial charge in [0.1, 0.15) is 18.1 Å². The van der Waals surface area contributed by atoms with Gasteiger partial charge in [-0.05, 0) is 24.3 Å². The number of methoxy groups -OCH3 is 1. The summed E-state index contributed by atoms with van der Waals surface area (Å²) in [7, 11) is -1.91. The number of rotatable bonds is 7. The Morgan fingerprint density at radius 3 is 2.43 bits per heavy atom. The lowest BCUT2D eigenvalue weighted by Crippen LogP contribution is -2.28. The highest BCUT2D eigenvalue weighted by Crippen LogP contribution is 2.18. The van der Waals surface area contributed by atoms with E-state index in [9.17, 15) is 8.42 Å². The lowest BCUT2D eigenvalue weighted by molar-refractivity contribution is 0.320. The van der Waals surface area contributed by atoms with Gasteiger partial charge in [-0.3, -0.25) is 0 Å². The Bertz CT molecular complexity index is 671. The molecular formula is C15H17NO4S. The van der Waals surface area contributed by atoms with E-state index in [4.69, 9.17) is 9.47 Å². The Balaban J connectivity index is 1.84. The van der Waals surface area contributed by atoms with E-state index in [2.05, 4.69) is 4.72 Å². The predicted octanol–water partition coefficient (Wildman–Crippen LogP) is 2.05. The van der Waals surface area contributed by atoms with E-state index in [-0.39, 0.29) is 18.0 Å². The molecule has 0 radical (unpaired) electrons. The fourth-order valence-corrected chi connectivity index (χ4v) is 2.75. The Morgan fingerprint density at radius 2 is 1.71 bits per heavy atom. The Morgan fingerprint density at radius 1 is 1.00 bits per heavy atom. The van der Waals surface area contributed by atoms with Crippen molar-refractivity contribution in [1.29, 1.82) is 0 Å². The van der Waals surface area contributed by atoms with E-state index in [1.807, 2.05) is 12.1 Å². The van der Waals surface area contributed by atoms with Crippen LogP contribution in [0.3, 0.4) is 0 Å². The molecule has 0 aliphatic rings. The molecule has 112 valence electrons. The van der Waals surface area contributed by atoms with Crippen LogP contribution in [0.4, 0.5) is 0 Å². The highest BCUT2D eigenvalue weighted by atomic mass is 32.2. The van der Waals surface area contributed by atoms with Crippen LogP contribution in [0.25, 0.3) is 0 Å². The first-order chi connectivity index (χ1) is 10.1. The molecule has 0 aliphatic carbocycles. The van der Waals surface area contributed by atoms with Gasteiger partial charge < -0.3 is 9.47 Å². The minimum absolute atomic E-state index is 0.189. The van der Waals surface area contributed by atoms with Crippen molar-refractivity contribution in [2.45, 2.75) is 4.90 Å². The van der Waals surface area contributed by atoms with E-state index in [1.54, 1.807) is 49.6 Å². The Labute approximate surface area is 124 Å². The molecule has 0 aliphatic heterocycles. The number of sulfonamides is 1. The van der Waals surface area contributed by atoms with Gasteiger partial charge in [0.25, 0.3) is 0 Å². The number of benzene rings is 2. The molecule has 5 nitrogen and oxygen atoms in total. The van der Waals surface area contributed by atoms with Crippen molar-refractivity contribution in [2.75, 3.05) is 20.3 Å². The van der Waals surface area contributed by atoms with Crippen molar-refractivity contribution in [3.8, 4) is 11.5 Å². The van der Waals surface area contributed by atoms with Gasteiger partial charge in [-0.25, -0.2) is 13.1 Å². The molecule has 1 N–H and O–H groups in total. The molecule has 0 atom stereocenters. The second kappa shape index (κ2) is 7.10. The molecule has 6 heteroatoms. The van der Waals surface area contributed by atoms with Crippen LogP contribution in [0.1, 0.15) is 0 Å². The van der Waals surface area contributed by atoms with Crippen molar-refractivity contribution in [3.63, 3.8) is 0 Å². The number of hydrogen-bond acceptors (Lipinski definition) is 4. The molecule has 0 unspecified atom stereocenters. The monoisotopic (exact) mass is 307 g/mol. The zero-order valence-corrected chi connectivity index (χ0v) is 12.5. The molecule has 0 fully saturated rings. The molecule has 0 saturated heterocycles. The topological polar surface area (TPSA) is 64.6 Å². The van der Waals surface area contributed by atoms with Crippen LogP contribution in [-0.4, -0.2) is 28.7 Å². The average Bonchev–Trinajstić information content (AvgIpc) is 2.53. The second-order valence-corrected chi connectivity index (χ2v) is 6.01. The maximum absolute atomic E-state index is 12.0. The zero-order valence-electron chi connectivity index (χ0n) is 11.7. The van der Waals surface area contributed by atoms with Gasteiger partial charge in [0.2, 0.25) is 10.0 Å². The SMILES string of the molecule is COc1cccc(OCCNS(=O)(=O)c2ccccc2)c1. The van der Waals surface area contributed by atoms with Crippen LogP contribution in [-0.2, 0) is 10.0 Å². The second-order valence-electron chi connectivity index (χ2n) is 4.24. The summed E-state index contributed by atoms with van der Waals surface area (Å²) in [5.41, 5.74) is 0. The summed E-state index contributed by atoms with van der Waals surface area (Å²) in [6.07, 6.45) is 0. The normalized spacial score (nSPS) is 11.1. The van der Waals surface area contributed by atoms with Crippen LogP contribution >= 0.6 is 0 Å². The van der Waals surface area contributed by atoms with Gasteiger partial charge in [-0.15, -0.1) is 0 Å². The molecular weight excluding hydrogens is 290 g/mol. The number of ether oxygens (including phenoxy) is 2. The largest absolute Gasteiger partial charge is 0.497 e. The summed E-state index contributed by atoms with van der Waals surface area (Å²) in [6, 6.07) is 15.4. The van der Waals surface area contributed by atoms with Gasteiger partial charge >= 0.3 is 0 Å². The third kappa shape index (κ3) is 4.47. The minimum atomic E-state index is -3.48. The molecule has 21 heavy (non-hydrogen) atoms. The van der Waals surface area contributed by atoms with Gasteiger partial charge in [0, 0.05) is 12.6 Å². The fraction of sp³-hybridized carbons (Fsp3) is 0.200. The lowest BCUT2D eigenvalue weighted by Gasteiger charge is -2.09. The molecule has 0 bridgehead atoms. The van der Waals surface area contributed by atoms with Crippen LogP contribution in [0.15, 0.2) is 59.5 Å². The van der Waals surface area contributed by atoms with Crippen molar-refractivity contribution < 1.29 is 17.9 Å². The van der Waals surface area contributed by atoms with Crippen molar-refractivity contribution >= 4 is 10.0 Å². The van der Waals surface area contributed by atoms with E-state index >= 15 is 0 Å². The first kappa shape index (κ1) is 15.3. The molecule has 0 saturated carbocycles. The Kier molecular flexibility index (Phi) is 5.19. The number of hydrogen-bond donors (Lipinski definition) is 1. The standard InChI is InChI=1S/C15H17NO4S/c1-19-13-6-5-7-14(12-13)20-11-10-16-21(17,18)15-8-3-2-4-9-15/h2-9,12,16H,10-11H2,1H3. The summed E-state index contributed by atoms with van der Waals surface area (Å²) in [4.78, 5) is 0.242. The molecule has 2 aromatic rings. The predicted molar refractivity (Wildman–Crippen MR) is 80.1 cm³/mol. The maximum atomic E-state index is 12.0. The highest BCUT2D eigenvalue weighted by Gasteiger charge is 2.12. The highest BCUT2D eigenvalue weighted by molar-refractivity contribution is 7.89. The van der Waals surface area contributed by atoms with Gasteiger partial charge in [-0.2, -0.15) is 0 Å². The average molecular weight is 307 g/mol. The number of nitrogens with one attached hydrogen (secondary N) is 1. The van der Waals surface area contributed by atoms with E-state index in [0.717, 1.165) is 0 Å². The maximum Gasteiger partial charge on any atom is 0.240 e. The summed E-state index contributed by atoms with van der Waals surface area (Å²) in [5.74, 6) is 1.32. The summed E-state index contributed by atoms with van der Waals surface area (Å²) >= 11 is 0. The van der Waals surface area contributed by atoms with Gasteiger partial charge in [0.05, 0.1) is 12.0 Å². The van der Waals surface area contributed by atoms with Crippen molar-refractivity contribution in [3.05, 3.63) is 54.6 Å². The lowest BCUT2D eigenvalue weighted by atomic mass is 10.3. The van der Waals surface area contributed by atoms with E-state index in [0.29, 0.717) is 11.5 Å². The molecule has 0 spiro atoms. The zero-order chi connectivity index (χ0) is 15.1. The van der Waals surface area contributed by atoms with Crippen LogP contribution in [0.5, 0.6) is 11.5 Å². The molecule has 2 aromatic carbocycles. The van der Waals surface area contributed by atoms with E-state index < -0.39 is 10.0 Å². The third-order valence-corrected chi connectivity index (χ3v) is 4.23.